The molecule has 7 heteroatoms. The summed E-state index contributed by atoms with van der Waals surface area (Å²) in [5.74, 6) is 1.65. The first kappa shape index (κ1) is 15.1. The van der Waals surface area contributed by atoms with Gasteiger partial charge in [-0.05, 0) is 31.2 Å². The van der Waals surface area contributed by atoms with Crippen LogP contribution in [0.2, 0.25) is 0 Å². The number of aryl methyl sites for hydroxylation is 1. The molecule has 3 aromatic rings. The molecule has 0 amide bonds. The fourth-order valence-corrected chi connectivity index (χ4v) is 2.46. The standard InChI is InChI=1S/C16H20N6O/c1-4-22-13(10-19-20-22)9-17-16-18-11-15(21(16)2)12-5-7-14(23-3)8-6-12/h5-8,10-11H,4,9H2,1-3H3,(H,17,18). The van der Waals surface area contributed by atoms with Crippen LogP contribution in [-0.2, 0) is 20.1 Å². The lowest BCUT2D eigenvalue weighted by Gasteiger charge is -2.09. The number of methoxy groups -OCH3 is 1. The van der Waals surface area contributed by atoms with Gasteiger partial charge in [-0.15, -0.1) is 5.10 Å². The molecule has 0 fully saturated rings. The van der Waals surface area contributed by atoms with E-state index in [2.05, 4.69) is 20.6 Å². The Morgan fingerprint density at radius 2 is 1.96 bits per heavy atom. The van der Waals surface area contributed by atoms with Crippen LogP contribution in [0.5, 0.6) is 5.75 Å². The number of anilines is 1. The molecular formula is C16H20N6O. The monoisotopic (exact) mass is 312 g/mol. The average Bonchev–Trinajstić information content (AvgIpc) is 3.19. The fraction of sp³-hybridized carbons (Fsp3) is 0.312. The first-order valence-electron chi connectivity index (χ1n) is 7.50. The Labute approximate surface area is 134 Å². The molecule has 0 radical (unpaired) electrons. The van der Waals surface area contributed by atoms with Gasteiger partial charge in [0, 0.05) is 19.2 Å². The van der Waals surface area contributed by atoms with Crippen LogP contribution in [0.25, 0.3) is 11.3 Å². The third-order valence-electron chi connectivity index (χ3n) is 3.80. The highest BCUT2D eigenvalue weighted by Gasteiger charge is 2.09. The third kappa shape index (κ3) is 3.03. The van der Waals surface area contributed by atoms with E-state index in [1.54, 1.807) is 13.3 Å². The summed E-state index contributed by atoms with van der Waals surface area (Å²) >= 11 is 0. The predicted molar refractivity (Wildman–Crippen MR) is 88.2 cm³/mol. The molecule has 0 aliphatic carbocycles. The van der Waals surface area contributed by atoms with Gasteiger partial charge in [0.05, 0.1) is 37.4 Å². The molecule has 0 atom stereocenters. The molecule has 0 aliphatic rings. The molecule has 0 aliphatic heterocycles. The van der Waals surface area contributed by atoms with E-state index in [9.17, 15) is 0 Å². The first-order chi connectivity index (χ1) is 11.2. The number of hydrogen-bond acceptors (Lipinski definition) is 5. The van der Waals surface area contributed by atoms with Gasteiger partial charge in [-0.1, -0.05) is 5.21 Å². The summed E-state index contributed by atoms with van der Waals surface area (Å²) in [5, 5.41) is 11.3. The fourth-order valence-electron chi connectivity index (χ4n) is 2.46. The quantitative estimate of drug-likeness (QED) is 0.756. The van der Waals surface area contributed by atoms with E-state index in [1.807, 2.05) is 53.7 Å². The smallest absolute Gasteiger partial charge is 0.203 e. The molecule has 0 spiro atoms. The number of nitrogens with one attached hydrogen (secondary N) is 1. The summed E-state index contributed by atoms with van der Waals surface area (Å²) in [6, 6.07) is 7.94. The second-order valence-electron chi connectivity index (χ2n) is 5.15. The Balaban J connectivity index is 1.76. The van der Waals surface area contributed by atoms with E-state index in [-0.39, 0.29) is 0 Å². The number of benzene rings is 1. The van der Waals surface area contributed by atoms with Gasteiger partial charge in [0.15, 0.2) is 0 Å². The van der Waals surface area contributed by atoms with E-state index in [4.69, 9.17) is 4.74 Å². The molecule has 1 N–H and O–H groups in total. The summed E-state index contributed by atoms with van der Waals surface area (Å²) in [5.41, 5.74) is 3.16. The van der Waals surface area contributed by atoms with Gasteiger partial charge >= 0.3 is 0 Å². The van der Waals surface area contributed by atoms with Crippen molar-refractivity contribution < 1.29 is 4.74 Å². The number of nitrogens with zero attached hydrogens (tertiary/aromatic N) is 5. The number of imidazole rings is 1. The molecule has 2 aromatic heterocycles. The highest BCUT2D eigenvalue weighted by atomic mass is 16.5. The van der Waals surface area contributed by atoms with E-state index in [0.29, 0.717) is 6.54 Å². The number of ether oxygens (including phenoxy) is 1. The Morgan fingerprint density at radius 1 is 1.17 bits per heavy atom. The maximum absolute atomic E-state index is 5.19. The average molecular weight is 312 g/mol. The number of hydrogen-bond donors (Lipinski definition) is 1. The van der Waals surface area contributed by atoms with Crippen LogP contribution >= 0.6 is 0 Å². The van der Waals surface area contributed by atoms with Crippen molar-refractivity contribution in [2.45, 2.75) is 20.0 Å². The molecular weight excluding hydrogens is 292 g/mol. The van der Waals surface area contributed by atoms with Crippen LogP contribution in [0.4, 0.5) is 5.95 Å². The molecule has 0 unspecified atom stereocenters. The van der Waals surface area contributed by atoms with Crippen molar-refractivity contribution in [3.63, 3.8) is 0 Å². The minimum absolute atomic E-state index is 0.633. The second kappa shape index (κ2) is 6.51. The maximum Gasteiger partial charge on any atom is 0.203 e. The van der Waals surface area contributed by atoms with Crippen LogP contribution in [-0.4, -0.2) is 31.7 Å². The Kier molecular flexibility index (Phi) is 4.27. The van der Waals surface area contributed by atoms with Gasteiger partial charge in [0.2, 0.25) is 5.95 Å². The summed E-state index contributed by atoms with van der Waals surface area (Å²) in [4.78, 5) is 4.46. The Morgan fingerprint density at radius 3 is 2.65 bits per heavy atom. The van der Waals surface area contributed by atoms with Crippen molar-refractivity contribution in [1.29, 1.82) is 0 Å². The lowest BCUT2D eigenvalue weighted by atomic mass is 10.1. The van der Waals surface area contributed by atoms with Crippen molar-refractivity contribution in [3.05, 3.63) is 42.4 Å². The lowest BCUT2D eigenvalue weighted by Crippen LogP contribution is -2.10. The number of rotatable bonds is 6. The van der Waals surface area contributed by atoms with Crippen molar-refractivity contribution in [2.75, 3.05) is 12.4 Å². The van der Waals surface area contributed by atoms with Crippen LogP contribution in [0.15, 0.2) is 36.7 Å². The van der Waals surface area contributed by atoms with E-state index < -0.39 is 0 Å². The van der Waals surface area contributed by atoms with Crippen molar-refractivity contribution in [1.82, 2.24) is 24.5 Å². The van der Waals surface area contributed by atoms with Crippen molar-refractivity contribution in [2.24, 2.45) is 7.05 Å². The van der Waals surface area contributed by atoms with Crippen molar-refractivity contribution in [3.8, 4) is 17.0 Å². The second-order valence-corrected chi connectivity index (χ2v) is 5.15. The largest absolute Gasteiger partial charge is 0.497 e. The molecule has 0 saturated heterocycles. The Bertz CT molecular complexity index is 774. The molecule has 0 bridgehead atoms. The van der Waals surface area contributed by atoms with Gasteiger partial charge in [-0.25, -0.2) is 9.67 Å². The van der Waals surface area contributed by atoms with E-state index >= 15 is 0 Å². The van der Waals surface area contributed by atoms with Gasteiger partial charge < -0.3 is 14.6 Å². The van der Waals surface area contributed by atoms with Gasteiger partial charge in [-0.3, -0.25) is 0 Å². The highest BCUT2D eigenvalue weighted by molar-refractivity contribution is 5.62. The molecule has 3 rings (SSSR count). The Hall–Kier alpha value is -2.83. The summed E-state index contributed by atoms with van der Waals surface area (Å²) in [7, 11) is 3.65. The molecule has 7 nitrogen and oxygen atoms in total. The molecule has 1 aromatic carbocycles. The molecule has 23 heavy (non-hydrogen) atoms. The maximum atomic E-state index is 5.19. The van der Waals surface area contributed by atoms with E-state index in [0.717, 1.165) is 35.2 Å². The number of aromatic nitrogens is 5. The van der Waals surface area contributed by atoms with Gasteiger partial charge in [0.25, 0.3) is 0 Å². The highest BCUT2D eigenvalue weighted by Crippen LogP contribution is 2.24. The molecule has 120 valence electrons. The summed E-state index contributed by atoms with van der Waals surface area (Å²) < 4.78 is 9.08. The lowest BCUT2D eigenvalue weighted by molar-refractivity contribution is 0.415. The molecule has 0 saturated carbocycles. The summed E-state index contributed by atoms with van der Waals surface area (Å²) in [6.45, 7) is 3.48. The topological polar surface area (TPSA) is 69.8 Å². The minimum atomic E-state index is 0.633. The third-order valence-corrected chi connectivity index (χ3v) is 3.80. The minimum Gasteiger partial charge on any atom is -0.497 e. The van der Waals surface area contributed by atoms with Crippen LogP contribution < -0.4 is 10.1 Å². The zero-order valence-electron chi connectivity index (χ0n) is 13.5. The van der Waals surface area contributed by atoms with Crippen LogP contribution in [0.3, 0.4) is 0 Å². The molecule has 2 heterocycles. The first-order valence-corrected chi connectivity index (χ1v) is 7.50. The SMILES string of the molecule is CCn1nncc1CNc1ncc(-c2ccc(OC)cc2)n1C. The summed E-state index contributed by atoms with van der Waals surface area (Å²) in [6.07, 6.45) is 3.63. The van der Waals surface area contributed by atoms with Crippen molar-refractivity contribution >= 4 is 5.95 Å². The van der Waals surface area contributed by atoms with Crippen LogP contribution in [0, 0.1) is 0 Å². The predicted octanol–water partition coefficient (Wildman–Crippen LogP) is 2.32. The van der Waals surface area contributed by atoms with E-state index in [1.165, 1.54) is 0 Å². The zero-order valence-corrected chi connectivity index (χ0v) is 13.5. The van der Waals surface area contributed by atoms with Crippen LogP contribution in [0.1, 0.15) is 12.6 Å². The van der Waals surface area contributed by atoms with Gasteiger partial charge in [0.1, 0.15) is 5.75 Å². The zero-order chi connectivity index (χ0) is 16.2. The van der Waals surface area contributed by atoms with Gasteiger partial charge in [-0.2, -0.15) is 0 Å². The normalized spacial score (nSPS) is 10.7.